The first-order chi connectivity index (χ1) is 11.6. The van der Waals surface area contributed by atoms with Crippen molar-refractivity contribution < 1.29 is 14.0 Å². The molecule has 1 fully saturated rings. The zero-order chi connectivity index (χ0) is 17.1. The topological polar surface area (TPSA) is 49.4 Å². The third kappa shape index (κ3) is 3.48. The van der Waals surface area contributed by atoms with Crippen molar-refractivity contribution in [2.75, 3.05) is 18.0 Å². The fourth-order valence-corrected chi connectivity index (χ4v) is 3.69. The lowest BCUT2D eigenvalue weighted by Crippen LogP contribution is -2.45. The molecule has 3 rings (SSSR count). The molecule has 0 aliphatic carbocycles. The van der Waals surface area contributed by atoms with Gasteiger partial charge in [0.25, 0.3) is 5.91 Å². The second kappa shape index (κ2) is 7.13. The van der Waals surface area contributed by atoms with Gasteiger partial charge in [0.1, 0.15) is 5.82 Å². The second-order valence-electron chi connectivity index (χ2n) is 5.94. The van der Waals surface area contributed by atoms with Crippen LogP contribution >= 0.6 is 11.3 Å². The van der Waals surface area contributed by atoms with Gasteiger partial charge in [-0.05, 0) is 43.3 Å². The number of rotatable bonds is 4. The van der Waals surface area contributed by atoms with E-state index in [1.807, 2.05) is 15.7 Å². The van der Waals surface area contributed by atoms with Crippen molar-refractivity contribution in [2.24, 2.45) is 0 Å². The molecule has 6 heteroatoms. The number of nitrogens with one attached hydrogen (secondary N) is 1. The van der Waals surface area contributed by atoms with Gasteiger partial charge in [-0.25, -0.2) is 4.39 Å². The van der Waals surface area contributed by atoms with Crippen molar-refractivity contribution in [1.82, 2.24) is 5.32 Å². The quantitative estimate of drug-likeness (QED) is 0.862. The van der Waals surface area contributed by atoms with E-state index >= 15 is 0 Å². The standard InChI is InChI=1S/C18H19FN2O2S/c1-12(22)17-15(19)3-2-4-16(17)21-8-5-14(6-9-21)20-18(23)13-7-10-24-11-13/h2-4,7,10-11,14H,5-6,8-9H2,1H3,(H,20,23). The molecule has 1 saturated heterocycles. The highest BCUT2D eigenvalue weighted by atomic mass is 32.1. The Morgan fingerprint density at radius 1 is 1.25 bits per heavy atom. The first kappa shape index (κ1) is 16.6. The number of nitrogens with zero attached hydrogens (tertiary/aromatic N) is 1. The molecule has 0 saturated carbocycles. The first-order valence-corrected chi connectivity index (χ1v) is 8.88. The molecule has 1 N–H and O–H groups in total. The highest BCUT2D eigenvalue weighted by Gasteiger charge is 2.24. The van der Waals surface area contributed by atoms with Crippen LogP contribution in [-0.2, 0) is 0 Å². The van der Waals surface area contributed by atoms with Crippen molar-refractivity contribution in [3.8, 4) is 0 Å². The highest BCUT2D eigenvalue weighted by Crippen LogP contribution is 2.27. The number of ketones is 1. The molecule has 24 heavy (non-hydrogen) atoms. The fraction of sp³-hybridized carbons (Fsp3) is 0.333. The van der Waals surface area contributed by atoms with Crippen LogP contribution in [0.2, 0.25) is 0 Å². The zero-order valence-corrected chi connectivity index (χ0v) is 14.2. The highest BCUT2D eigenvalue weighted by molar-refractivity contribution is 7.08. The Balaban J connectivity index is 1.65. The van der Waals surface area contributed by atoms with Crippen LogP contribution in [0, 0.1) is 5.82 Å². The Bertz CT molecular complexity index is 737. The van der Waals surface area contributed by atoms with Gasteiger partial charge in [0.05, 0.1) is 11.3 Å². The van der Waals surface area contributed by atoms with Crippen molar-refractivity contribution in [3.05, 3.63) is 52.0 Å². The molecule has 0 bridgehead atoms. The Kier molecular flexibility index (Phi) is 4.94. The first-order valence-electron chi connectivity index (χ1n) is 7.93. The average molecular weight is 346 g/mol. The maximum atomic E-state index is 14.0. The second-order valence-corrected chi connectivity index (χ2v) is 6.72. The maximum absolute atomic E-state index is 14.0. The van der Waals surface area contributed by atoms with Gasteiger partial charge in [0.15, 0.2) is 5.78 Å². The largest absolute Gasteiger partial charge is 0.371 e. The van der Waals surface area contributed by atoms with Crippen molar-refractivity contribution in [3.63, 3.8) is 0 Å². The van der Waals surface area contributed by atoms with Crippen molar-refractivity contribution in [1.29, 1.82) is 0 Å². The molecule has 2 aromatic rings. The number of piperidine rings is 1. The number of thiophene rings is 1. The lowest BCUT2D eigenvalue weighted by atomic mass is 10.0. The molecule has 0 radical (unpaired) electrons. The number of hydrogen-bond donors (Lipinski definition) is 1. The van der Waals surface area contributed by atoms with Gasteiger partial charge < -0.3 is 10.2 Å². The predicted molar refractivity (Wildman–Crippen MR) is 93.4 cm³/mol. The van der Waals surface area contributed by atoms with E-state index in [0.717, 1.165) is 12.8 Å². The fourth-order valence-electron chi connectivity index (χ4n) is 3.05. The predicted octanol–water partition coefficient (Wildman–Crippen LogP) is 3.49. The normalized spacial score (nSPS) is 15.3. The summed E-state index contributed by atoms with van der Waals surface area (Å²) in [5, 5.41) is 6.75. The van der Waals surface area contributed by atoms with Crippen molar-refractivity contribution in [2.45, 2.75) is 25.8 Å². The number of carbonyl (C=O) groups is 2. The number of halogens is 1. The molecule has 0 atom stereocenters. The van der Waals surface area contributed by atoms with Crippen LogP contribution in [0.3, 0.4) is 0 Å². The van der Waals surface area contributed by atoms with Crippen LogP contribution in [0.15, 0.2) is 35.0 Å². The molecule has 126 valence electrons. The molecular weight excluding hydrogens is 327 g/mol. The summed E-state index contributed by atoms with van der Waals surface area (Å²) in [4.78, 5) is 25.9. The van der Waals surface area contributed by atoms with E-state index in [2.05, 4.69) is 5.32 Å². The number of amides is 1. The number of carbonyl (C=O) groups excluding carboxylic acids is 2. The minimum Gasteiger partial charge on any atom is -0.371 e. The van der Waals surface area contributed by atoms with Crippen LogP contribution in [0.5, 0.6) is 0 Å². The number of hydrogen-bond acceptors (Lipinski definition) is 4. The molecule has 4 nitrogen and oxygen atoms in total. The summed E-state index contributed by atoms with van der Waals surface area (Å²) in [6, 6.07) is 6.63. The monoisotopic (exact) mass is 346 g/mol. The lowest BCUT2D eigenvalue weighted by Gasteiger charge is -2.34. The van der Waals surface area contributed by atoms with Gasteiger partial charge in [0, 0.05) is 30.1 Å². The minimum absolute atomic E-state index is 0.0510. The summed E-state index contributed by atoms with van der Waals surface area (Å²) >= 11 is 1.50. The van der Waals surface area contributed by atoms with Gasteiger partial charge in [-0.15, -0.1) is 0 Å². The molecule has 1 aliphatic heterocycles. The molecule has 1 amide bonds. The van der Waals surface area contributed by atoms with Gasteiger partial charge >= 0.3 is 0 Å². The Morgan fingerprint density at radius 2 is 2.00 bits per heavy atom. The van der Waals surface area contributed by atoms with Crippen molar-refractivity contribution >= 4 is 28.7 Å². The van der Waals surface area contributed by atoms with E-state index in [0.29, 0.717) is 24.3 Å². The summed E-state index contributed by atoms with van der Waals surface area (Å²) < 4.78 is 14.0. The van der Waals surface area contributed by atoms with Gasteiger partial charge in [-0.2, -0.15) is 11.3 Å². The van der Waals surface area contributed by atoms with E-state index in [-0.39, 0.29) is 23.3 Å². The van der Waals surface area contributed by atoms with E-state index < -0.39 is 5.82 Å². The van der Waals surface area contributed by atoms with Crippen LogP contribution in [0.25, 0.3) is 0 Å². The molecular formula is C18H19FN2O2S. The van der Waals surface area contributed by atoms with Crippen LogP contribution in [0.1, 0.15) is 40.5 Å². The molecule has 1 aromatic heterocycles. The SMILES string of the molecule is CC(=O)c1c(F)cccc1N1CCC(NC(=O)c2ccsc2)CC1. The molecule has 2 heterocycles. The maximum Gasteiger partial charge on any atom is 0.252 e. The number of anilines is 1. The summed E-state index contributed by atoms with van der Waals surface area (Å²) in [6.07, 6.45) is 1.54. The van der Waals surface area contributed by atoms with Crippen LogP contribution < -0.4 is 10.2 Å². The van der Waals surface area contributed by atoms with E-state index in [4.69, 9.17) is 0 Å². The zero-order valence-electron chi connectivity index (χ0n) is 13.4. The van der Waals surface area contributed by atoms with Gasteiger partial charge in [-0.1, -0.05) is 6.07 Å². The molecule has 1 aromatic carbocycles. The third-order valence-electron chi connectivity index (χ3n) is 4.30. The van der Waals surface area contributed by atoms with Gasteiger partial charge in [0.2, 0.25) is 0 Å². The lowest BCUT2D eigenvalue weighted by molar-refractivity contribution is 0.0931. The van der Waals surface area contributed by atoms with Crippen LogP contribution in [-0.4, -0.2) is 30.8 Å². The number of Topliss-reactive ketones (excluding diaryl/α,β-unsaturated/α-hetero) is 1. The van der Waals surface area contributed by atoms with E-state index in [1.165, 1.54) is 24.3 Å². The van der Waals surface area contributed by atoms with Crippen LogP contribution in [0.4, 0.5) is 10.1 Å². The molecule has 0 unspecified atom stereocenters. The third-order valence-corrected chi connectivity index (χ3v) is 4.98. The molecule has 0 spiro atoms. The van der Waals surface area contributed by atoms with E-state index in [9.17, 15) is 14.0 Å². The smallest absolute Gasteiger partial charge is 0.252 e. The Labute approximate surface area is 144 Å². The Hall–Kier alpha value is -2.21. The summed E-state index contributed by atoms with van der Waals surface area (Å²) in [5.41, 5.74) is 1.48. The summed E-state index contributed by atoms with van der Waals surface area (Å²) in [6.45, 7) is 2.74. The van der Waals surface area contributed by atoms with Gasteiger partial charge in [-0.3, -0.25) is 9.59 Å². The number of benzene rings is 1. The average Bonchev–Trinajstić information content (AvgIpc) is 3.09. The summed E-state index contributed by atoms with van der Waals surface area (Å²) in [5.74, 6) is -0.797. The minimum atomic E-state index is -0.479. The summed E-state index contributed by atoms with van der Waals surface area (Å²) in [7, 11) is 0. The Morgan fingerprint density at radius 3 is 2.62 bits per heavy atom. The molecule has 1 aliphatic rings. The van der Waals surface area contributed by atoms with E-state index in [1.54, 1.807) is 18.2 Å².